The molecule has 0 saturated carbocycles. The lowest BCUT2D eigenvalue weighted by atomic mass is 9.97. The molecular weight excluding hydrogens is 246 g/mol. The van der Waals surface area contributed by atoms with Crippen molar-refractivity contribution in [3.63, 3.8) is 0 Å². The Hall–Kier alpha value is -1.14. The maximum absolute atomic E-state index is 12.4. The molecule has 0 spiro atoms. The van der Waals surface area contributed by atoms with Gasteiger partial charge in [-0.2, -0.15) is 0 Å². The second kappa shape index (κ2) is 8.12. The molecule has 1 fully saturated rings. The second-order valence-electron chi connectivity index (χ2n) is 5.17. The number of aliphatic hydroxyl groups excluding tert-OH is 1. The monoisotopic (exact) mass is 271 g/mol. The molecule has 2 atom stereocenters. The summed E-state index contributed by atoms with van der Waals surface area (Å²) in [6, 6.07) is -0.295. The Morgan fingerprint density at radius 1 is 1.37 bits per heavy atom. The number of carbonyl (C=O) groups excluding carboxylic acids is 2. The highest BCUT2D eigenvalue weighted by Crippen LogP contribution is 2.13. The van der Waals surface area contributed by atoms with Crippen LogP contribution < -0.4 is 5.32 Å². The summed E-state index contributed by atoms with van der Waals surface area (Å²) < 4.78 is 0. The largest absolute Gasteiger partial charge is 0.396 e. The van der Waals surface area contributed by atoms with E-state index in [4.69, 9.17) is 5.11 Å². The normalized spacial score (nSPS) is 20.5. The Balaban J connectivity index is 2.60. The standard InChI is InChI=1S/C13H25N3O3/c1-11(12(4-9-17)14-10-18)13(19)16-6-3-5-15(2)7-8-16/h10-12,17H,3-9H2,1-2H3,(H,14,18). The summed E-state index contributed by atoms with van der Waals surface area (Å²) in [6.45, 7) is 5.15. The average molecular weight is 271 g/mol. The number of aliphatic hydroxyl groups is 1. The molecule has 19 heavy (non-hydrogen) atoms. The third-order valence-electron chi connectivity index (χ3n) is 3.75. The zero-order valence-electron chi connectivity index (χ0n) is 11.8. The van der Waals surface area contributed by atoms with Crippen LogP contribution in [0.1, 0.15) is 19.8 Å². The summed E-state index contributed by atoms with van der Waals surface area (Å²) in [6.07, 6.45) is 1.97. The minimum absolute atomic E-state index is 0.0358. The van der Waals surface area contributed by atoms with Crippen molar-refractivity contribution in [2.24, 2.45) is 5.92 Å². The molecule has 1 saturated heterocycles. The van der Waals surface area contributed by atoms with Gasteiger partial charge in [0.2, 0.25) is 12.3 Å². The van der Waals surface area contributed by atoms with Crippen LogP contribution in [-0.2, 0) is 9.59 Å². The summed E-state index contributed by atoms with van der Waals surface area (Å²) >= 11 is 0. The van der Waals surface area contributed by atoms with E-state index in [1.165, 1.54) is 0 Å². The predicted molar refractivity (Wildman–Crippen MR) is 72.5 cm³/mol. The van der Waals surface area contributed by atoms with Crippen molar-refractivity contribution < 1.29 is 14.7 Å². The fraction of sp³-hybridized carbons (Fsp3) is 0.846. The number of rotatable bonds is 6. The van der Waals surface area contributed by atoms with Gasteiger partial charge in [-0.25, -0.2) is 0 Å². The zero-order chi connectivity index (χ0) is 14.3. The Bertz CT molecular complexity index is 299. The Morgan fingerprint density at radius 2 is 2.11 bits per heavy atom. The predicted octanol–water partition coefficient (Wildman–Crippen LogP) is -0.716. The van der Waals surface area contributed by atoms with E-state index in [1.807, 2.05) is 11.8 Å². The van der Waals surface area contributed by atoms with Gasteiger partial charge in [0.15, 0.2) is 0 Å². The molecule has 6 heteroatoms. The van der Waals surface area contributed by atoms with Crippen LogP contribution in [0.5, 0.6) is 0 Å². The lowest BCUT2D eigenvalue weighted by molar-refractivity contribution is -0.136. The number of hydrogen-bond donors (Lipinski definition) is 2. The third kappa shape index (κ3) is 4.80. The fourth-order valence-electron chi connectivity index (χ4n) is 2.43. The van der Waals surface area contributed by atoms with Crippen molar-refractivity contribution in [1.82, 2.24) is 15.1 Å². The lowest BCUT2D eigenvalue weighted by Crippen LogP contribution is -2.46. The molecule has 0 aromatic carbocycles. The summed E-state index contributed by atoms with van der Waals surface area (Å²) in [4.78, 5) is 27.1. The van der Waals surface area contributed by atoms with Crippen LogP contribution in [0.25, 0.3) is 0 Å². The summed E-state index contributed by atoms with van der Waals surface area (Å²) in [5.41, 5.74) is 0. The molecule has 2 amide bonds. The quantitative estimate of drug-likeness (QED) is 0.626. The van der Waals surface area contributed by atoms with E-state index >= 15 is 0 Å². The highest BCUT2D eigenvalue weighted by molar-refractivity contribution is 5.79. The van der Waals surface area contributed by atoms with E-state index in [2.05, 4.69) is 17.3 Å². The van der Waals surface area contributed by atoms with Crippen molar-refractivity contribution >= 4 is 12.3 Å². The van der Waals surface area contributed by atoms with Gasteiger partial charge in [-0.05, 0) is 26.4 Å². The van der Waals surface area contributed by atoms with Crippen LogP contribution in [0, 0.1) is 5.92 Å². The van der Waals surface area contributed by atoms with Crippen molar-refractivity contribution in [2.75, 3.05) is 39.8 Å². The van der Waals surface area contributed by atoms with E-state index in [1.54, 1.807) is 0 Å². The molecule has 1 aliphatic heterocycles. The first-order valence-electron chi connectivity index (χ1n) is 6.88. The highest BCUT2D eigenvalue weighted by atomic mass is 16.3. The fourth-order valence-corrected chi connectivity index (χ4v) is 2.43. The minimum atomic E-state index is -0.305. The molecule has 0 aliphatic carbocycles. The SMILES string of the molecule is CC(C(=O)N1CCCN(C)CC1)C(CCO)NC=O. The van der Waals surface area contributed by atoms with Gasteiger partial charge in [0.25, 0.3) is 0 Å². The highest BCUT2D eigenvalue weighted by Gasteiger charge is 2.28. The van der Waals surface area contributed by atoms with Gasteiger partial charge in [-0.3, -0.25) is 9.59 Å². The molecule has 110 valence electrons. The van der Waals surface area contributed by atoms with Gasteiger partial charge in [0, 0.05) is 32.3 Å². The van der Waals surface area contributed by atoms with Crippen LogP contribution in [0.4, 0.5) is 0 Å². The molecule has 1 rings (SSSR count). The molecule has 1 heterocycles. The first kappa shape index (κ1) is 15.9. The van der Waals surface area contributed by atoms with Crippen LogP contribution in [0.15, 0.2) is 0 Å². The van der Waals surface area contributed by atoms with Crippen LogP contribution in [0.2, 0.25) is 0 Å². The van der Waals surface area contributed by atoms with Gasteiger partial charge in [0.05, 0.1) is 5.92 Å². The number of amides is 2. The van der Waals surface area contributed by atoms with E-state index < -0.39 is 0 Å². The van der Waals surface area contributed by atoms with Gasteiger partial charge < -0.3 is 20.2 Å². The summed E-state index contributed by atoms with van der Waals surface area (Å²) in [5.74, 6) is -0.246. The molecule has 6 nitrogen and oxygen atoms in total. The molecule has 0 radical (unpaired) electrons. The van der Waals surface area contributed by atoms with E-state index in [9.17, 15) is 9.59 Å². The van der Waals surface area contributed by atoms with Gasteiger partial charge >= 0.3 is 0 Å². The first-order valence-corrected chi connectivity index (χ1v) is 6.88. The molecular formula is C13H25N3O3. The molecule has 0 aromatic rings. The van der Waals surface area contributed by atoms with Crippen molar-refractivity contribution in [3.05, 3.63) is 0 Å². The van der Waals surface area contributed by atoms with Crippen molar-refractivity contribution in [3.8, 4) is 0 Å². The minimum Gasteiger partial charge on any atom is -0.396 e. The molecule has 2 unspecified atom stereocenters. The Labute approximate surface area is 114 Å². The molecule has 0 bridgehead atoms. The smallest absolute Gasteiger partial charge is 0.227 e. The second-order valence-corrected chi connectivity index (χ2v) is 5.17. The first-order chi connectivity index (χ1) is 9.10. The zero-order valence-corrected chi connectivity index (χ0v) is 11.8. The van der Waals surface area contributed by atoms with Gasteiger partial charge in [-0.1, -0.05) is 6.92 Å². The third-order valence-corrected chi connectivity index (χ3v) is 3.75. The van der Waals surface area contributed by atoms with Crippen molar-refractivity contribution in [2.45, 2.75) is 25.8 Å². The van der Waals surface area contributed by atoms with Crippen LogP contribution >= 0.6 is 0 Å². The maximum Gasteiger partial charge on any atom is 0.227 e. The van der Waals surface area contributed by atoms with Crippen molar-refractivity contribution in [1.29, 1.82) is 0 Å². The molecule has 1 aliphatic rings. The number of carbonyl (C=O) groups is 2. The maximum atomic E-state index is 12.4. The van der Waals surface area contributed by atoms with E-state index in [-0.39, 0.29) is 24.5 Å². The topological polar surface area (TPSA) is 72.9 Å². The van der Waals surface area contributed by atoms with Gasteiger partial charge in [0.1, 0.15) is 0 Å². The van der Waals surface area contributed by atoms with Crippen LogP contribution in [0.3, 0.4) is 0 Å². The summed E-state index contributed by atoms with van der Waals surface area (Å²) in [5, 5.41) is 11.6. The molecule has 2 N–H and O–H groups in total. The van der Waals surface area contributed by atoms with Gasteiger partial charge in [-0.15, -0.1) is 0 Å². The van der Waals surface area contributed by atoms with E-state index in [0.29, 0.717) is 12.8 Å². The lowest BCUT2D eigenvalue weighted by Gasteiger charge is -2.28. The molecule has 0 aromatic heterocycles. The van der Waals surface area contributed by atoms with E-state index in [0.717, 1.165) is 32.6 Å². The Morgan fingerprint density at radius 3 is 2.74 bits per heavy atom. The number of nitrogens with one attached hydrogen (secondary N) is 1. The number of likely N-dealkylation sites (N-methyl/N-ethyl adjacent to an activating group) is 1. The average Bonchev–Trinajstić information content (AvgIpc) is 2.61. The van der Waals surface area contributed by atoms with Crippen LogP contribution in [-0.4, -0.2) is 73.1 Å². The number of hydrogen-bond acceptors (Lipinski definition) is 4. The Kier molecular flexibility index (Phi) is 6.80. The number of nitrogens with zero attached hydrogens (tertiary/aromatic N) is 2. The summed E-state index contributed by atoms with van der Waals surface area (Å²) in [7, 11) is 2.06.